The van der Waals surface area contributed by atoms with E-state index in [4.69, 9.17) is 0 Å². The van der Waals surface area contributed by atoms with E-state index in [9.17, 15) is 22.0 Å². The van der Waals surface area contributed by atoms with E-state index in [1.54, 1.807) is 6.07 Å². The van der Waals surface area contributed by atoms with E-state index in [1.807, 2.05) is 0 Å². The van der Waals surface area contributed by atoms with Crippen molar-refractivity contribution in [1.82, 2.24) is 0 Å². The van der Waals surface area contributed by atoms with Crippen LogP contribution in [0, 0.1) is 46.8 Å². The SMILES string of the molecule is CC1CCC(C2CCC(c3ccc(-c4ccc(C(F)(F)Oc5cc(F)c(F)c(F)c5)cc4)c(F)c3F)CC2)CC1. The summed E-state index contributed by atoms with van der Waals surface area (Å²) in [5, 5.41) is 0. The Morgan fingerprint density at radius 1 is 0.650 bits per heavy atom. The van der Waals surface area contributed by atoms with Crippen LogP contribution in [0.1, 0.15) is 75.3 Å². The van der Waals surface area contributed by atoms with Crippen molar-refractivity contribution >= 4 is 0 Å². The molecule has 40 heavy (non-hydrogen) atoms. The largest absolute Gasteiger partial charge is 0.429 e. The highest BCUT2D eigenvalue weighted by Crippen LogP contribution is 2.45. The Bertz CT molecular complexity index is 1320. The molecule has 0 unspecified atom stereocenters. The molecule has 0 aliphatic heterocycles. The molecule has 0 heterocycles. The lowest BCUT2D eigenvalue weighted by Crippen LogP contribution is -2.25. The third-order valence-electron chi connectivity index (χ3n) is 8.79. The summed E-state index contributed by atoms with van der Waals surface area (Å²) in [4.78, 5) is 0. The number of hydrogen-bond acceptors (Lipinski definition) is 1. The lowest BCUT2D eigenvalue weighted by molar-refractivity contribution is -0.185. The molecule has 2 aliphatic rings. The van der Waals surface area contributed by atoms with Crippen molar-refractivity contribution in [3.8, 4) is 16.9 Å². The highest BCUT2D eigenvalue weighted by atomic mass is 19.3. The molecule has 1 nitrogen and oxygen atoms in total. The standard InChI is InChI=1S/C32H31F7O/c1-18-2-4-19(5-3-18)20-6-8-21(9-7-20)25-14-15-26(30(36)29(25)35)22-10-12-23(13-11-22)32(38,39)40-24-16-27(33)31(37)28(34)17-24/h10-21H,2-9H2,1H3. The quantitative estimate of drug-likeness (QED) is 0.214. The molecule has 0 bridgehead atoms. The minimum Gasteiger partial charge on any atom is -0.429 e. The zero-order valence-corrected chi connectivity index (χ0v) is 22.1. The van der Waals surface area contributed by atoms with Gasteiger partial charge in [-0.25, -0.2) is 22.0 Å². The fourth-order valence-corrected chi connectivity index (χ4v) is 6.40. The molecule has 0 aromatic heterocycles. The van der Waals surface area contributed by atoms with Crippen LogP contribution in [0.15, 0.2) is 48.5 Å². The van der Waals surface area contributed by atoms with Crippen LogP contribution in [0.2, 0.25) is 0 Å². The minimum atomic E-state index is -4.03. The van der Waals surface area contributed by atoms with Gasteiger partial charge in [-0.05, 0) is 85.5 Å². The van der Waals surface area contributed by atoms with Gasteiger partial charge in [0.1, 0.15) is 5.75 Å². The Morgan fingerprint density at radius 2 is 1.20 bits per heavy atom. The molecule has 5 rings (SSSR count). The Balaban J connectivity index is 1.27. The Kier molecular flexibility index (Phi) is 8.16. The predicted octanol–water partition coefficient (Wildman–Crippen LogP) is 10.3. The van der Waals surface area contributed by atoms with Crippen molar-refractivity contribution in [2.75, 3.05) is 0 Å². The van der Waals surface area contributed by atoms with Crippen LogP contribution in [0.4, 0.5) is 30.7 Å². The van der Waals surface area contributed by atoms with E-state index in [2.05, 4.69) is 11.7 Å². The van der Waals surface area contributed by atoms with Gasteiger partial charge in [0, 0.05) is 17.7 Å². The lowest BCUT2D eigenvalue weighted by Gasteiger charge is -2.37. The summed E-state index contributed by atoms with van der Waals surface area (Å²) in [6, 6.07) is 7.94. The molecule has 3 aromatic rings. The van der Waals surface area contributed by atoms with Crippen molar-refractivity contribution in [2.45, 2.75) is 70.3 Å². The van der Waals surface area contributed by atoms with E-state index >= 15 is 8.78 Å². The number of halogens is 7. The second-order valence-electron chi connectivity index (χ2n) is 11.4. The smallest absolute Gasteiger partial charge is 0.426 e. The summed E-state index contributed by atoms with van der Waals surface area (Å²) < 4.78 is 104. The summed E-state index contributed by atoms with van der Waals surface area (Å²) in [6.45, 7) is 2.30. The third kappa shape index (κ3) is 5.86. The van der Waals surface area contributed by atoms with Gasteiger partial charge in [0.2, 0.25) is 0 Å². The highest BCUT2D eigenvalue weighted by molar-refractivity contribution is 5.65. The fourth-order valence-electron chi connectivity index (χ4n) is 6.40. The molecule has 3 aromatic carbocycles. The number of rotatable bonds is 6. The third-order valence-corrected chi connectivity index (χ3v) is 8.79. The monoisotopic (exact) mass is 564 g/mol. The van der Waals surface area contributed by atoms with Crippen LogP contribution >= 0.6 is 0 Å². The van der Waals surface area contributed by atoms with Crippen molar-refractivity contribution in [2.24, 2.45) is 17.8 Å². The molecule has 0 amide bonds. The van der Waals surface area contributed by atoms with Gasteiger partial charge < -0.3 is 4.74 Å². The summed E-state index contributed by atoms with van der Waals surface area (Å²) in [5.41, 5.74) is -0.225. The molecular formula is C32H31F7O. The van der Waals surface area contributed by atoms with Gasteiger partial charge in [0.25, 0.3) is 0 Å². The first-order valence-electron chi connectivity index (χ1n) is 13.8. The summed E-state index contributed by atoms with van der Waals surface area (Å²) in [5.74, 6) is -5.87. The van der Waals surface area contributed by atoms with Crippen LogP contribution in [0.25, 0.3) is 11.1 Å². The van der Waals surface area contributed by atoms with Gasteiger partial charge in [-0.2, -0.15) is 8.78 Å². The summed E-state index contributed by atoms with van der Waals surface area (Å²) in [7, 11) is 0. The Hall–Kier alpha value is -3.03. The Morgan fingerprint density at radius 3 is 1.77 bits per heavy atom. The molecule has 2 fully saturated rings. The van der Waals surface area contributed by atoms with Crippen LogP contribution < -0.4 is 4.74 Å². The van der Waals surface area contributed by atoms with E-state index in [0.29, 0.717) is 23.6 Å². The van der Waals surface area contributed by atoms with Crippen molar-refractivity contribution < 1.29 is 35.5 Å². The molecule has 2 aliphatic carbocycles. The molecule has 0 spiro atoms. The second kappa shape index (κ2) is 11.5. The Labute approximate surface area is 229 Å². The fraction of sp³-hybridized carbons (Fsp3) is 0.438. The zero-order chi connectivity index (χ0) is 28.6. The van der Waals surface area contributed by atoms with Gasteiger partial charge in [0.05, 0.1) is 5.56 Å². The van der Waals surface area contributed by atoms with E-state index in [1.165, 1.54) is 43.9 Å². The molecular weight excluding hydrogens is 533 g/mol. The first-order chi connectivity index (χ1) is 19.0. The lowest BCUT2D eigenvalue weighted by atomic mass is 9.68. The summed E-state index contributed by atoms with van der Waals surface area (Å²) >= 11 is 0. The normalized spacial score (nSPS) is 23.7. The van der Waals surface area contributed by atoms with Crippen LogP contribution in [-0.4, -0.2) is 0 Å². The van der Waals surface area contributed by atoms with Gasteiger partial charge in [-0.15, -0.1) is 0 Å². The number of ether oxygens (including phenoxy) is 1. The average molecular weight is 565 g/mol. The second-order valence-corrected chi connectivity index (χ2v) is 11.4. The van der Waals surface area contributed by atoms with Crippen LogP contribution in [0.3, 0.4) is 0 Å². The van der Waals surface area contributed by atoms with Gasteiger partial charge >= 0.3 is 6.11 Å². The van der Waals surface area contributed by atoms with Gasteiger partial charge in [-0.3, -0.25) is 0 Å². The molecule has 0 radical (unpaired) electrons. The van der Waals surface area contributed by atoms with Gasteiger partial charge in [0.15, 0.2) is 29.1 Å². The maximum absolute atomic E-state index is 15.2. The van der Waals surface area contributed by atoms with Crippen molar-refractivity contribution in [1.29, 1.82) is 0 Å². The van der Waals surface area contributed by atoms with Gasteiger partial charge in [-0.1, -0.05) is 44.0 Å². The number of hydrogen-bond donors (Lipinski definition) is 0. The zero-order valence-electron chi connectivity index (χ0n) is 22.1. The van der Waals surface area contributed by atoms with E-state index in [-0.39, 0.29) is 17.0 Å². The maximum Gasteiger partial charge on any atom is 0.426 e. The van der Waals surface area contributed by atoms with Crippen molar-refractivity contribution in [3.63, 3.8) is 0 Å². The minimum absolute atomic E-state index is 0.0540. The molecule has 0 saturated heterocycles. The number of alkyl halides is 2. The molecule has 0 atom stereocenters. The topological polar surface area (TPSA) is 9.23 Å². The van der Waals surface area contributed by atoms with Crippen molar-refractivity contribution in [3.05, 3.63) is 88.7 Å². The first kappa shape index (κ1) is 28.5. The highest BCUT2D eigenvalue weighted by Gasteiger charge is 2.36. The molecule has 214 valence electrons. The molecule has 8 heteroatoms. The number of benzene rings is 3. The average Bonchev–Trinajstić information content (AvgIpc) is 2.94. The van der Waals surface area contributed by atoms with E-state index in [0.717, 1.165) is 49.7 Å². The van der Waals surface area contributed by atoms with Crippen LogP contribution in [0.5, 0.6) is 5.75 Å². The summed E-state index contributed by atoms with van der Waals surface area (Å²) in [6.07, 6.45) is 4.69. The van der Waals surface area contributed by atoms with Crippen LogP contribution in [-0.2, 0) is 6.11 Å². The van der Waals surface area contributed by atoms with E-state index < -0.39 is 46.5 Å². The molecule has 0 N–H and O–H groups in total. The maximum atomic E-state index is 15.2. The first-order valence-corrected chi connectivity index (χ1v) is 13.8. The molecule has 2 saturated carbocycles. The predicted molar refractivity (Wildman–Crippen MR) is 138 cm³/mol.